The van der Waals surface area contributed by atoms with Crippen molar-refractivity contribution in [3.8, 4) is 5.88 Å². The molecule has 0 spiro atoms. The second-order valence-electron chi connectivity index (χ2n) is 5.59. The van der Waals surface area contributed by atoms with Crippen molar-refractivity contribution in [1.29, 1.82) is 0 Å². The zero-order valence-electron chi connectivity index (χ0n) is 19.8. The number of amides is 4. The van der Waals surface area contributed by atoms with E-state index in [0.29, 0.717) is 19.1 Å². The van der Waals surface area contributed by atoms with Crippen LogP contribution in [-0.2, 0) is 20.9 Å². The Kier molecular flexibility index (Phi) is 24.7. The van der Waals surface area contributed by atoms with E-state index >= 15 is 0 Å². The summed E-state index contributed by atoms with van der Waals surface area (Å²) in [5.41, 5.74) is 16.9. The Bertz CT molecular complexity index is 755. The summed E-state index contributed by atoms with van der Waals surface area (Å²) in [6.07, 6.45) is -5.33. The zero-order valence-corrected chi connectivity index (χ0v) is 21.5. The Morgan fingerprint density at radius 2 is 1.20 bits per heavy atom. The largest absolute Gasteiger partial charge is 0.465 e. The lowest BCUT2D eigenvalue weighted by atomic mass is 10.2. The third kappa shape index (κ3) is 38.1. The van der Waals surface area contributed by atoms with Gasteiger partial charge in [-0.15, -0.1) is 0 Å². The molecule has 0 aliphatic carbocycles. The fourth-order valence-corrected chi connectivity index (χ4v) is 3.38. The van der Waals surface area contributed by atoms with Crippen LogP contribution >= 0.6 is 6.72 Å². The second kappa shape index (κ2) is 22.3. The molecule has 0 unspecified atom stereocenters. The summed E-state index contributed by atoms with van der Waals surface area (Å²) in [6, 6.07) is 1.74. The molecule has 0 saturated heterocycles. The molecule has 1 aromatic rings. The lowest BCUT2D eigenvalue weighted by Crippen LogP contribution is -2.06. The predicted octanol–water partition coefficient (Wildman–Crippen LogP) is 2.08. The first-order valence-electron chi connectivity index (χ1n) is 9.21. The average molecular weight is 549 g/mol. The quantitative estimate of drug-likeness (QED) is 0.226. The second-order valence-corrected chi connectivity index (χ2v) is 8.52. The van der Waals surface area contributed by atoms with Gasteiger partial charge in [-0.3, -0.25) is 9.05 Å². The Labute approximate surface area is 206 Å². The number of primary amides is 4. The molecular weight excluding hydrogens is 515 g/mol. The molecule has 17 nitrogen and oxygen atoms in total. The molecule has 0 saturated carbocycles. The van der Waals surface area contributed by atoms with E-state index < -0.39 is 31.1 Å². The van der Waals surface area contributed by atoms with Crippen LogP contribution in [0.5, 0.6) is 5.88 Å². The minimum atomic E-state index is -2.77. The summed E-state index contributed by atoms with van der Waals surface area (Å²) >= 11 is 5.32. The van der Waals surface area contributed by atoms with Crippen molar-refractivity contribution in [2.24, 2.45) is 22.9 Å². The molecule has 0 radical (unpaired) electrons. The maximum absolute atomic E-state index is 8.78. The fourth-order valence-electron chi connectivity index (χ4n) is 1.39. The van der Waals surface area contributed by atoms with Crippen molar-refractivity contribution in [3.63, 3.8) is 0 Å². The predicted molar refractivity (Wildman–Crippen MR) is 128 cm³/mol. The number of hydrogen-bond donors (Lipinski definition) is 8. The van der Waals surface area contributed by atoms with Crippen LogP contribution in [0.1, 0.15) is 45.1 Å². The lowest BCUT2D eigenvalue weighted by molar-refractivity contribution is 0.204. The molecule has 0 aliphatic rings. The van der Waals surface area contributed by atoms with Gasteiger partial charge in [0.1, 0.15) is 5.82 Å². The van der Waals surface area contributed by atoms with Gasteiger partial charge in [0.25, 0.3) is 0 Å². The molecule has 1 aromatic heterocycles. The van der Waals surface area contributed by atoms with E-state index in [2.05, 4.69) is 32.9 Å². The summed E-state index contributed by atoms with van der Waals surface area (Å²) in [5, 5.41) is 28.8. The Morgan fingerprint density at radius 1 is 0.886 bits per heavy atom. The van der Waals surface area contributed by atoms with Gasteiger partial charge in [-0.25, -0.2) is 24.2 Å². The molecule has 12 N–H and O–H groups in total. The van der Waals surface area contributed by atoms with E-state index in [9.17, 15) is 0 Å². The van der Waals surface area contributed by atoms with Crippen LogP contribution < -0.4 is 27.5 Å². The number of nitrogens with zero attached hydrogens (tertiary/aromatic N) is 2. The van der Waals surface area contributed by atoms with Gasteiger partial charge in [0, 0.05) is 29.5 Å². The summed E-state index contributed by atoms with van der Waals surface area (Å²) in [7, 11) is 0. The molecule has 1 rings (SSSR count). The summed E-state index contributed by atoms with van der Waals surface area (Å²) in [5.74, 6) is 1.37. The van der Waals surface area contributed by atoms with Crippen LogP contribution in [0.2, 0.25) is 0 Å². The number of carbonyl (C=O) groups is 4. The van der Waals surface area contributed by atoms with Crippen LogP contribution in [0, 0.1) is 6.92 Å². The van der Waals surface area contributed by atoms with Gasteiger partial charge < -0.3 is 47.9 Å². The number of carboxylic acid groups (broad SMARTS) is 4. The van der Waals surface area contributed by atoms with Gasteiger partial charge in [0.15, 0.2) is 0 Å². The maximum atomic E-state index is 8.78. The summed E-state index contributed by atoms with van der Waals surface area (Å²) < 4.78 is 16.6. The normalized spacial score (nSPS) is 9.20. The highest BCUT2D eigenvalue weighted by molar-refractivity contribution is 8.07. The highest BCUT2D eigenvalue weighted by Crippen LogP contribution is 2.49. The van der Waals surface area contributed by atoms with Gasteiger partial charge >= 0.3 is 31.1 Å². The van der Waals surface area contributed by atoms with Crippen molar-refractivity contribution >= 4 is 42.9 Å². The first kappa shape index (κ1) is 38.8. The first-order chi connectivity index (χ1) is 15.8. The fraction of sp³-hybridized carbons (Fsp3) is 0.500. The van der Waals surface area contributed by atoms with Crippen LogP contribution in [0.25, 0.3) is 0 Å². The topological polar surface area (TPSA) is 307 Å². The van der Waals surface area contributed by atoms with Gasteiger partial charge in [-0.2, -0.15) is 4.98 Å². The smallest absolute Gasteiger partial charge is 0.402 e. The molecule has 0 atom stereocenters. The number of nitrogens with two attached hydrogens (primary N) is 4. The molecular formula is C16H33N6O11PS. The van der Waals surface area contributed by atoms with E-state index in [-0.39, 0.29) is 5.92 Å². The summed E-state index contributed by atoms with van der Waals surface area (Å²) in [6.45, 7) is 7.78. The van der Waals surface area contributed by atoms with Crippen LogP contribution in [0.3, 0.4) is 0 Å². The third-order valence-electron chi connectivity index (χ3n) is 2.14. The van der Waals surface area contributed by atoms with Gasteiger partial charge in [-0.05, 0) is 20.8 Å². The number of aryl methyl sites for hydroxylation is 1. The van der Waals surface area contributed by atoms with Crippen molar-refractivity contribution in [1.82, 2.24) is 9.97 Å². The molecule has 204 valence electrons. The molecule has 19 heteroatoms. The van der Waals surface area contributed by atoms with E-state index in [1.165, 1.54) is 0 Å². The maximum Gasteiger partial charge on any atom is 0.402 e. The number of hydrogen-bond acceptors (Lipinski definition) is 10. The molecule has 0 bridgehead atoms. The van der Waals surface area contributed by atoms with Gasteiger partial charge in [0.05, 0.1) is 13.2 Å². The standard InChI is InChI=1S/C12H21N2O3PS.4CH3NO2/c1-6-15-18(19,16-7-2)17-11-8-10(5)13-12(14-11)9(3)4;4*2-1(3)4/h8-9H,6-7H2,1-5H3;4*2H2,(H,3,4). The monoisotopic (exact) mass is 548 g/mol. The van der Waals surface area contributed by atoms with Crippen molar-refractivity contribution in [3.05, 3.63) is 17.6 Å². The van der Waals surface area contributed by atoms with E-state index in [1.54, 1.807) is 6.07 Å². The van der Waals surface area contributed by atoms with Crippen molar-refractivity contribution < 1.29 is 53.2 Å². The van der Waals surface area contributed by atoms with Crippen LogP contribution in [0.4, 0.5) is 19.2 Å². The van der Waals surface area contributed by atoms with Gasteiger partial charge in [-0.1, -0.05) is 13.8 Å². The molecule has 0 fully saturated rings. The van der Waals surface area contributed by atoms with Crippen LogP contribution in [-0.4, -0.2) is 68.0 Å². The van der Waals surface area contributed by atoms with Crippen molar-refractivity contribution in [2.75, 3.05) is 13.2 Å². The highest BCUT2D eigenvalue weighted by atomic mass is 32.5. The van der Waals surface area contributed by atoms with E-state index in [1.807, 2.05) is 34.6 Å². The highest BCUT2D eigenvalue weighted by Gasteiger charge is 2.22. The summed E-state index contributed by atoms with van der Waals surface area (Å²) in [4.78, 5) is 43.8. The average Bonchev–Trinajstić information content (AvgIpc) is 2.59. The van der Waals surface area contributed by atoms with Gasteiger partial charge in [0.2, 0.25) is 5.88 Å². The van der Waals surface area contributed by atoms with Crippen LogP contribution in [0.15, 0.2) is 6.07 Å². The van der Waals surface area contributed by atoms with Crippen molar-refractivity contribution in [2.45, 2.75) is 40.5 Å². The number of rotatable bonds is 7. The zero-order chi connectivity index (χ0) is 28.8. The molecule has 0 aromatic carbocycles. The first-order valence-corrected chi connectivity index (χ1v) is 11.8. The Morgan fingerprint density at radius 3 is 1.46 bits per heavy atom. The molecule has 1 heterocycles. The minimum absolute atomic E-state index is 0.222. The molecule has 0 aliphatic heterocycles. The lowest BCUT2D eigenvalue weighted by Gasteiger charge is -2.20. The molecule has 4 amide bonds. The number of aromatic nitrogens is 2. The third-order valence-corrected chi connectivity index (χ3v) is 4.56. The minimum Gasteiger partial charge on any atom is -0.465 e. The SMILES string of the molecule is CCOP(=S)(OCC)Oc1cc(C)nc(C(C)C)n1.NC(=O)O.NC(=O)O.NC(=O)O.NC(=O)O. The Balaban J connectivity index is -0.000000244. The Hall–Kier alpha value is -3.47. The van der Waals surface area contributed by atoms with E-state index in [4.69, 9.17) is 65.0 Å². The van der Waals surface area contributed by atoms with E-state index in [0.717, 1.165) is 11.5 Å². The molecule has 35 heavy (non-hydrogen) atoms.